The van der Waals surface area contributed by atoms with Crippen LogP contribution in [0.4, 0.5) is 14.5 Å². The van der Waals surface area contributed by atoms with Crippen molar-refractivity contribution in [3.63, 3.8) is 0 Å². The Morgan fingerprint density at radius 1 is 1.53 bits per heavy atom. The molecule has 0 aliphatic heterocycles. The summed E-state index contributed by atoms with van der Waals surface area (Å²) in [5, 5.41) is 8.13. The molecule has 1 aromatic carbocycles. The quantitative estimate of drug-likeness (QED) is 0.590. The van der Waals surface area contributed by atoms with Crippen LogP contribution in [0.2, 0.25) is 0 Å². The lowest BCUT2D eigenvalue weighted by molar-refractivity contribution is 0.0551. The number of carbonyl (C=O) groups is 1. The van der Waals surface area contributed by atoms with E-state index in [4.69, 9.17) is 11.0 Å². The molecule has 15 heavy (non-hydrogen) atoms. The number of esters is 1. The molecule has 0 saturated heterocycles. The van der Waals surface area contributed by atoms with E-state index in [1.807, 2.05) is 0 Å². The molecule has 0 unspecified atom stereocenters. The maximum atomic E-state index is 13.1. The van der Waals surface area contributed by atoms with Crippen molar-refractivity contribution in [1.29, 1.82) is 5.26 Å². The number of hydrogen-bond acceptors (Lipinski definition) is 4. The second-order valence-electron chi connectivity index (χ2n) is 2.59. The Balaban J connectivity index is 3.04. The zero-order chi connectivity index (χ0) is 11.4. The van der Waals surface area contributed by atoms with Crippen LogP contribution in [0.25, 0.3) is 0 Å². The largest absolute Gasteiger partial charge is 0.447 e. The molecule has 6 heteroatoms. The summed E-state index contributed by atoms with van der Waals surface area (Å²) in [6.07, 6.45) is 0. The Morgan fingerprint density at radius 2 is 2.20 bits per heavy atom. The number of benzene rings is 1. The molecule has 78 valence electrons. The maximum Gasteiger partial charge on any atom is 0.344 e. The Morgan fingerprint density at radius 3 is 2.73 bits per heavy atom. The van der Waals surface area contributed by atoms with Gasteiger partial charge in [0.1, 0.15) is 23.3 Å². The second kappa shape index (κ2) is 4.37. The summed E-state index contributed by atoms with van der Waals surface area (Å²) in [6, 6.07) is 2.85. The van der Waals surface area contributed by atoms with Gasteiger partial charge in [-0.2, -0.15) is 5.26 Å². The van der Waals surface area contributed by atoms with Crippen LogP contribution in [0.5, 0.6) is 0 Å². The van der Waals surface area contributed by atoms with Gasteiger partial charge < -0.3 is 10.5 Å². The molecule has 0 saturated carbocycles. The van der Waals surface area contributed by atoms with Crippen molar-refractivity contribution in [2.75, 3.05) is 12.3 Å². The van der Waals surface area contributed by atoms with Crippen LogP contribution in [0, 0.1) is 23.0 Å². The van der Waals surface area contributed by atoms with Gasteiger partial charge in [-0.15, -0.1) is 0 Å². The fourth-order valence-corrected chi connectivity index (χ4v) is 0.979. The molecule has 0 aliphatic rings. The van der Waals surface area contributed by atoms with Gasteiger partial charge in [0.2, 0.25) is 0 Å². The minimum absolute atomic E-state index is 0.365. The molecule has 0 spiro atoms. The smallest absolute Gasteiger partial charge is 0.344 e. The molecule has 0 heterocycles. The average molecular weight is 212 g/mol. The number of carbonyl (C=O) groups excluding carboxylic acids is 1. The number of anilines is 1. The Bertz CT molecular complexity index is 417. The third kappa shape index (κ3) is 2.40. The Hall–Kier alpha value is -2.16. The van der Waals surface area contributed by atoms with E-state index in [0.29, 0.717) is 6.07 Å². The van der Waals surface area contributed by atoms with Gasteiger partial charge in [-0.05, 0) is 6.07 Å². The summed E-state index contributed by atoms with van der Waals surface area (Å²) in [7, 11) is 0. The van der Waals surface area contributed by atoms with Crippen LogP contribution in [0.3, 0.4) is 0 Å². The lowest BCUT2D eigenvalue weighted by Gasteiger charge is -2.05. The lowest BCUT2D eigenvalue weighted by Crippen LogP contribution is -2.11. The van der Waals surface area contributed by atoms with Gasteiger partial charge >= 0.3 is 5.97 Å². The predicted molar refractivity (Wildman–Crippen MR) is 46.7 cm³/mol. The van der Waals surface area contributed by atoms with Crippen LogP contribution >= 0.6 is 0 Å². The number of ether oxygens (including phenoxy) is 1. The Kier molecular flexibility index (Phi) is 3.18. The van der Waals surface area contributed by atoms with Crippen LogP contribution < -0.4 is 5.73 Å². The van der Waals surface area contributed by atoms with Gasteiger partial charge in [0.15, 0.2) is 6.61 Å². The van der Waals surface area contributed by atoms with E-state index < -0.39 is 29.8 Å². The van der Waals surface area contributed by atoms with Crippen molar-refractivity contribution in [1.82, 2.24) is 0 Å². The molecule has 1 rings (SSSR count). The van der Waals surface area contributed by atoms with Gasteiger partial charge in [0, 0.05) is 6.07 Å². The van der Waals surface area contributed by atoms with Crippen molar-refractivity contribution in [3.05, 3.63) is 29.3 Å². The highest BCUT2D eigenvalue weighted by Crippen LogP contribution is 2.18. The van der Waals surface area contributed by atoms with Gasteiger partial charge in [-0.25, -0.2) is 13.6 Å². The third-order valence-corrected chi connectivity index (χ3v) is 1.56. The fraction of sp³-hybridized carbons (Fsp3) is 0.111. The molecular formula is C9H6F2N2O2. The first-order valence-corrected chi connectivity index (χ1v) is 3.85. The molecule has 0 bridgehead atoms. The first-order valence-electron chi connectivity index (χ1n) is 3.85. The summed E-state index contributed by atoms with van der Waals surface area (Å²) in [6.45, 7) is -0.519. The highest BCUT2D eigenvalue weighted by molar-refractivity contribution is 5.95. The zero-order valence-electron chi connectivity index (χ0n) is 7.46. The minimum atomic E-state index is -1.12. The summed E-state index contributed by atoms with van der Waals surface area (Å²) >= 11 is 0. The van der Waals surface area contributed by atoms with Crippen LogP contribution in [0.15, 0.2) is 12.1 Å². The summed E-state index contributed by atoms with van der Waals surface area (Å²) in [5.74, 6) is -3.09. The maximum absolute atomic E-state index is 13.1. The third-order valence-electron chi connectivity index (χ3n) is 1.56. The van der Waals surface area contributed by atoms with E-state index >= 15 is 0 Å². The molecule has 4 nitrogen and oxygen atoms in total. The molecule has 1 aromatic rings. The van der Waals surface area contributed by atoms with E-state index in [9.17, 15) is 13.6 Å². The van der Waals surface area contributed by atoms with Gasteiger partial charge in [0.25, 0.3) is 0 Å². The number of nitriles is 1. The topological polar surface area (TPSA) is 76.1 Å². The highest BCUT2D eigenvalue weighted by atomic mass is 19.1. The number of nitrogens with zero attached hydrogens (tertiary/aromatic N) is 1. The van der Waals surface area contributed by atoms with E-state index in [0.717, 1.165) is 6.07 Å². The Labute approximate surface area is 83.9 Å². The van der Waals surface area contributed by atoms with E-state index in [1.54, 1.807) is 0 Å². The van der Waals surface area contributed by atoms with Crippen LogP contribution in [-0.4, -0.2) is 12.6 Å². The number of rotatable bonds is 2. The lowest BCUT2D eigenvalue weighted by atomic mass is 10.1. The van der Waals surface area contributed by atoms with Crippen LogP contribution in [-0.2, 0) is 4.74 Å². The zero-order valence-corrected chi connectivity index (χ0v) is 7.46. The number of halogens is 2. The fourth-order valence-electron chi connectivity index (χ4n) is 0.979. The SMILES string of the molecule is N#CCOC(=O)c1c(N)cc(F)cc1F. The number of nitrogens with two attached hydrogens (primary N) is 1. The van der Waals surface area contributed by atoms with Crippen molar-refractivity contribution < 1.29 is 18.3 Å². The molecule has 0 fully saturated rings. The van der Waals surface area contributed by atoms with E-state index in [2.05, 4.69) is 4.74 Å². The van der Waals surface area contributed by atoms with Crippen molar-refractivity contribution in [3.8, 4) is 6.07 Å². The molecule has 0 amide bonds. The van der Waals surface area contributed by atoms with Crippen LogP contribution in [0.1, 0.15) is 10.4 Å². The molecule has 0 aromatic heterocycles. The van der Waals surface area contributed by atoms with E-state index in [-0.39, 0.29) is 5.69 Å². The first-order chi connectivity index (χ1) is 7.06. The number of nitrogen functional groups attached to an aromatic ring is 1. The summed E-state index contributed by atoms with van der Waals surface area (Å²) < 4.78 is 30.0. The molecule has 0 radical (unpaired) electrons. The molecule has 0 atom stereocenters. The predicted octanol–water partition coefficient (Wildman–Crippen LogP) is 1.23. The van der Waals surface area contributed by atoms with E-state index in [1.165, 1.54) is 6.07 Å². The summed E-state index contributed by atoms with van der Waals surface area (Å²) in [5.41, 5.74) is 4.30. The highest BCUT2D eigenvalue weighted by Gasteiger charge is 2.18. The summed E-state index contributed by atoms with van der Waals surface area (Å²) in [4.78, 5) is 11.1. The second-order valence-corrected chi connectivity index (χ2v) is 2.59. The van der Waals surface area contributed by atoms with Gasteiger partial charge in [0.05, 0.1) is 5.69 Å². The normalized spacial score (nSPS) is 9.40. The molecule has 2 N–H and O–H groups in total. The average Bonchev–Trinajstić information content (AvgIpc) is 2.12. The van der Waals surface area contributed by atoms with Gasteiger partial charge in [-0.1, -0.05) is 0 Å². The standard InChI is InChI=1S/C9H6F2N2O2/c10-5-3-6(11)8(7(13)4-5)9(14)15-2-1-12/h3-4H,2,13H2. The molecular weight excluding hydrogens is 206 g/mol. The number of hydrogen-bond donors (Lipinski definition) is 1. The minimum Gasteiger partial charge on any atom is -0.447 e. The van der Waals surface area contributed by atoms with Gasteiger partial charge in [-0.3, -0.25) is 0 Å². The van der Waals surface area contributed by atoms with Crippen molar-refractivity contribution in [2.24, 2.45) is 0 Å². The van der Waals surface area contributed by atoms with Crippen molar-refractivity contribution in [2.45, 2.75) is 0 Å². The molecule has 0 aliphatic carbocycles. The monoisotopic (exact) mass is 212 g/mol. The first kappa shape index (κ1) is 10.9. The van der Waals surface area contributed by atoms with Crippen molar-refractivity contribution >= 4 is 11.7 Å².